The Balaban J connectivity index is 2.00. The van der Waals surface area contributed by atoms with Gasteiger partial charge in [0.1, 0.15) is 0 Å². The Bertz CT molecular complexity index is 752. The first-order valence-corrected chi connectivity index (χ1v) is 5.93. The molecule has 0 N–H and O–H groups in total. The van der Waals surface area contributed by atoms with Gasteiger partial charge in [-0.2, -0.15) is 0 Å². The summed E-state index contributed by atoms with van der Waals surface area (Å²) in [4.78, 5) is 11.8. The Labute approximate surface area is 105 Å². The molecule has 0 aliphatic heterocycles. The Hall–Kier alpha value is -2.29. The molecule has 3 aromatic rings. The number of hydrogen-bond donors (Lipinski definition) is 0. The number of rotatable bonds is 2. The molecule has 0 atom stereocenters. The number of imidazole rings is 1. The third kappa shape index (κ3) is 1.84. The standard InChI is InChI=1S/C15H14N2O/c1-16-8-9-17(15(16)18)11-12-6-7-13-4-2-3-5-14(13)10-12/h2-10H,11H2,1H3. The topological polar surface area (TPSA) is 26.9 Å². The molecule has 0 aliphatic rings. The normalized spacial score (nSPS) is 10.9. The predicted octanol–water partition coefficient (Wildman–Crippen LogP) is 2.39. The van der Waals surface area contributed by atoms with E-state index in [1.165, 1.54) is 10.8 Å². The van der Waals surface area contributed by atoms with Gasteiger partial charge < -0.3 is 4.57 Å². The lowest BCUT2D eigenvalue weighted by molar-refractivity contribution is 0.718. The van der Waals surface area contributed by atoms with Crippen LogP contribution in [0, 0.1) is 0 Å². The van der Waals surface area contributed by atoms with Crippen molar-refractivity contribution in [3.63, 3.8) is 0 Å². The second kappa shape index (κ2) is 4.18. The number of fused-ring (bicyclic) bond motifs is 1. The largest absolute Gasteiger partial charge is 0.328 e. The van der Waals surface area contributed by atoms with Gasteiger partial charge in [-0.05, 0) is 22.4 Å². The average molecular weight is 238 g/mol. The first-order chi connectivity index (χ1) is 8.74. The van der Waals surface area contributed by atoms with E-state index >= 15 is 0 Å². The van der Waals surface area contributed by atoms with Crippen LogP contribution in [0.3, 0.4) is 0 Å². The van der Waals surface area contributed by atoms with Gasteiger partial charge in [-0.25, -0.2) is 4.79 Å². The van der Waals surface area contributed by atoms with Crippen molar-refractivity contribution in [2.24, 2.45) is 7.05 Å². The second-order valence-electron chi connectivity index (χ2n) is 4.50. The van der Waals surface area contributed by atoms with Crippen molar-refractivity contribution in [2.45, 2.75) is 6.54 Å². The molecule has 0 aliphatic carbocycles. The summed E-state index contributed by atoms with van der Waals surface area (Å²) in [6.07, 6.45) is 3.60. The van der Waals surface area contributed by atoms with Gasteiger partial charge >= 0.3 is 5.69 Å². The molecule has 0 fully saturated rings. The molecule has 0 spiro atoms. The fourth-order valence-electron chi connectivity index (χ4n) is 2.16. The van der Waals surface area contributed by atoms with Crippen LogP contribution in [0.4, 0.5) is 0 Å². The van der Waals surface area contributed by atoms with Crippen LogP contribution < -0.4 is 5.69 Å². The highest BCUT2D eigenvalue weighted by molar-refractivity contribution is 5.82. The van der Waals surface area contributed by atoms with Gasteiger partial charge in [-0.1, -0.05) is 36.4 Å². The van der Waals surface area contributed by atoms with Crippen molar-refractivity contribution in [3.05, 3.63) is 70.9 Å². The molecular formula is C15H14N2O. The minimum atomic E-state index is 0.0168. The maximum atomic E-state index is 11.8. The van der Waals surface area contributed by atoms with Crippen LogP contribution in [-0.2, 0) is 13.6 Å². The van der Waals surface area contributed by atoms with Crippen LogP contribution in [0.1, 0.15) is 5.56 Å². The molecule has 3 rings (SSSR count). The van der Waals surface area contributed by atoms with Crippen molar-refractivity contribution in [1.82, 2.24) is 9.13 Å². The predicted molar refractivity (Wildman–Crippen MR) is 72.7 cm³/mol. The third-order valence-electron chi connectivity index (χ3n) is 3.18. The van der Waals surface area contributed by atoms with Gasteiger partial charge in [-0.15, -0.1) is 0 Å². The molecule has 1 heterocycles. The third-order valence-corrected chi connectivity index (χ3v) is 3.18. The first kappa shape index (κ1) is 10.8. The van der Waals surface area contributed by atoms with Crippen LogP contribution in [0.5, 0.6) is 0 Å². The zero-order valence-electron chi connectivity index (χ0n) is 10.2. The Morgan fingerprint density at radius 1 is 1.00 bits per heavy atom. The summed E-state index contributed by atoms with van der Waals surface area (Å²) in [7, 11) is 1.76. The lowest BCUT2D eigenvalue weighted by Gasteiger charge is -2.04. The second-order valence-corrected chi connectivity index (χ2v) is 4.50. The molecule has 2 aromatic carbocycles. The molecule has 0 saturated heterocycles. The van der Waals surface area contributed by atoms with E-state index in [0.29, 0.717) is 6.54 Å². The highest BCUT2D eigenvalue weighted by Gasteiger charge is 2.01. The zero-order chi connectivity index (χ0) is 12.5. The summed E-state index contributed by atoms with van der Waals surface area (Å²) in [6, 6.07) is 14.5. The molecule has 90 valence electrons. The summed E-state index contributed by atoms with van der Waals surface area (Å²) in [5.74, 6) is 0. The van der Waals surface area contributed by atoms with E-state index in [-0.39, 0.29) is 5.69 Å². The minimum Gasteiger partial charge on any atom is -0.302 e. The molecule has 3 heteroatoms. The smallest absolute Gasteiger partial charge is 0.302 e. The molecular weight excluding hydrogens is 224 g/mol. The van der Waals surface area contributed by atoms with E-state index in [2.05, 4.69) is 30.3 Å². The van der Waals surface area contributed by atoms with Gasteiger partial charge in [0.2, 0.25) is 0 Å². The molecule has 3 nitrogen and oxygen atoms in total. The number of aryl methyl sites for hydroxylation is 1. The molecule has 1 aromatic heterocycles. The van der Waals surface area contributed by atoms with Gasteiger partial charge in [-0.3, -0.25) is 4.57 Å². The maximum Gasteiger partial charge on any atom is 0.328 e. The van der Waals surface area contributed by atoms with Crippen LogP contribution in [0.15, 0.2) is 59.7 Å². The summed E-state index contributed by atoms with van der Waals surface area (Å²) in [5, 5.41) is 2.43. The quantitative estimate of drug-likeness (QED) is 0.673. The molecule has 18 heavy (non-hydrogen) atoms. The van der Waals surface area contributed by atoms with E-state index in [1.54, 1.807) is 22.4 Å². The van der Waals surface area contributed by atoms with Crippen LogP contribution in [-0.4, -0.2) is 9.13 Å². The van der Waals surface area contributed by atoms with Crippen molar-refractivity contribution in [3.8, 4) is 0 Å². The summed E-state index contributed by atoms with van der Waals surface area (Å²) in [6.45, 7) is 0.616. The summed E-state index contributed by atoms with van der Waals surface area (Å²) >= 11 is 0. The molecule has 0 unspecified atom stereocenters. The van der Waals surface area contributed by atoms with Gasteiger partial charge in [0.25, 0.3) is 0 Å². The van der Waals surface area contributed by atoms with E-state index in [0.717, 1.165) is 5.56 Å². The first-order valence-electron chi connectivity index (χ1n) is 5.93. The fourth-order valence-corrected chi connectivity index (χ4v) is 2.16. The Morgan fingerprint density at radius 2 is 1.78 bits per heavy atom. The van der Waals surface area contributed by atoms with Crippen LogP contribution in [0.2, 0.25) is 0 Å². The minimum absolute atomic E-state index is 0.0168. The highest BCUT2D eigenvalue weighted by atomic mass is 16.1. The Morgan fingerprint density at radius 3 is 2.50 bits per heavy atom. The number of hydrogen-bond acceptors (Lipinski definition) is 1. The van der Waals surface area contributed by atoms with Crippen molar-refractivity contribution < 1.29 is 0 Å². The van der Waals surface area contributed by atoms with Gasteiger partial charge in [0, 0.05) is 19.4 Å². The van der Waals surface area contributed by atoms with E-state index in [9.17, 15) is 4.79 Å². The average Bonchev–Trinajstić information content (AvgIpc) is 2.71. The van der Waals surface area contributed by atoms with Crippen LogP contribution in [0.25, 0.3) is 10.8 Å². The number of aromatic nitrogens is 2. The van der Waals surface area contributed by atoms with E-state index < -0.39 is 0 Å². The fraction of sp³-hybridized carbons (Fsp3) is 0.133. The van der Waals surface area contributed by atoms with Gasteiger partial charge in [0.15, 0.2) is 0 Å². The lowest BCUT2D eigenvalue weighted by atomic mass is 10.1. The molecule has 0 radical (unpaired) electrons. The monoisotopic (exact) mass is 238 g/mol. The van der Waals surface area contributed by atoms with Crippen LogP contribution >= 0.6 is 0 Å². The molecule has 0 saturated carbocycles. The molecule has 0 bridgehead atoms. The van der Waals surface area contributed by atoms with E-state index in [1.807, 2.05) is 18.3 Å². The van der Waals surface area contributed by atoms with E-state index in [4.69, 9.17) is 0 Å². The highest BCUT2D eigenvalue weighted by Crippen LogP contribution is 2.15. The zero-order valence-corrected chi connectivity index (χ0v) is 10.2. The van der Waals surface area contributed by atoms with Crippen molar-refractivity contribution in [1.29, 1.82) is 0 Å². The summed E-state index contributed by atoms with van der Waals surface area (Å²) < 4.78 is 3.30. The van der Waals surface area contributed by atoms with Gasteiger partial charge in [0.05, 0.1) is 6.54 Å². The van der Waals surface area contributed by atoms with Crippen molar-refractivity contribution in [2.75, 3.05) is 0 Å². The number of benzene rings is 2. The molecule has 0 amide bonds. The Kier molecular flexibility index (Phi) is 2.52. The number of nitrogens with zero attached hydrogens (tertiary/aromatic N) is 2. The SMILES string of the molecule is Cn1ccn(Cc2ccc3ccccc3c2)c1=O. The lowest BCUT2D eigenvalue weighted by Crippen LogP contribution is -2.22. The summed E-state index contributed by atoms with van der Waals surface area (Å²) in [5.41, 5.74) is 1.16. The maximum absolute atomic E-state index is 11.8. The van der Waals surface area contributed by atoms with Crippen molar-refractivity contribution >= 4 is 10.8 Å².